The van der Waals surface area contributed by atoms with Gasteiger partial charge in [-0.25, -0.2) is 0 Å². The number of nitrogens with zero attached hydrogens (tertiary/aromatic N) is 1. The second kappa shape index (κ2) is 4.32. The fourth-order valence-corrected chi connectivity index (χ4v) is 0.763. The molecule has 5 heteroatoms. The molecule has 70 valence electrons. The Morgan fingerprint density at radius 1 is 1.46 bits per heavy atom. The van der Waals surface area contributed by atoms with Crippen molar-refractivity contribution in [2.75, 3.05) is 6.73 Å². The molecule has 0 atom stereocenters. The first kappa shape index (κ1) is 9.34. The fourth-order valence-electron chi connectivity index (χ4n) is 0.763. The van der Waals surface area contributed by atoms with E-state index in [0.29, 0.717) is 5.75 Å². The topological polar surface area (TPSA) is 82.6 Å². The largest absolute Gasteiger partial charge is 0.375 e. The number of guanidine groups is 1. The van der Waals surface area contributed by atoms with E-state index < -0.39 is 6.73 Å². The Labute approximate surface area is 75.8 Å². The van der Waals surface area contributed by atoms with Gasteiger partial charge in [0.15, 0.2) is 12.5 Å². The molecular formula is C8H11N3O2. The number of hydrogen-bond acceptors (Lipinski definition) is 3. The van der Waals surface area contributed by atoms with Crippen molar-refractivity contribution in [2.45, 2.75) is 0 Å². The van der Waals surface area contributed by atoms with Crippen LogP contribution >= 0.6 is 0 Å². The molecule has 0 aliphatic heterocycles. The predicted molar refractivity (Wildman–Crippen MR) is 47.9 cm³/mol. The lowest BCUT2D eigenvalue weighted by molar-refractivity contribution is -0.0500. The SMILES string of the molecule is N=C(N)N(CO)Oc1ccccc1. The maximum Gasteiger partial charge on any atom is 0.224 e. The Bertz CT molecular complexity index is 276. The molecule has 5 nitrogen and oxygen atoms in total. The first-order valence-electron chi connectivity index (χ1n) is 3.69. The molecule has 4 N–H and O–H groups in total. The summed E-state index contributed by atoms with van der Waals surface area (Å²) in [5.41, 5.74) is 5.12. The molecule has 1 aromatic carbocycles. The standard InChI is InChI=1S/C8H11N3O2/c9-8(10)11(6-12)13-7-4-2-1-3-5-7/h1-5,12H,6H2,(H3,9,10). The first-order chi connectivity index (χ1) is 6.24. The van der Waals surface area contributed by atoms with Gasteiger partial charge in [0.2, 0.25) is 5.96 Å². The summed E-state index contributed by atoms with van der Waals surface area (Å²) in [6.07, 6.45) is 0. The van der Waals surface area contributed by atoms with E-state index >= 15 is 0 Å². The summed E-state index contributed by atoms with van der Waals surface area (Å²) in [4.78, 5) is 5.06. The summed E-state index contributed by atoms with van der Waals surface area (Å²) >= 11 is 0. The predicted octanol–water partition coefficient (Wildman–Crippen LogP) is 0.126. The minimum absolute atomic E-state index is 0.341. The van der Waals surface area contributed by atoms with E-state index in [4.69, 9.17) is 21.1 Å². The van der Waals surface area contributed by atoms with Gasteiger partial charge in [-0.1, -0.05) is 18.2 Å². The number of benzene rings is 1. The van der Waals surface area contributed by atoms with E-state index in [-0.39, 0.29) is 5.96 Å². The summed E-state index contributed by atoms with van der Waals surface area (Å²) in [6, 6.07) is 8.80. The lowest BCUT2D eigenvalue weighted by Crippen LogP contribution is -2.39. The third-order valence-electron chi connectivity index (χ3n) is 1.36. The molecule has 0 heterocycles. The van der Waals surface area contributed by atoms with Crippen LogP contribution in [0.1, 0.15) is 0 Å². The molecule has 0 fully saturated rings. The van der Waals surface area contributed by atoms with Crippen LogP contribution in [0.2, 0.25) is 0 Å². The van der Waals surface area contributed by atoms with Crippen LogP contribution in [0.15, 0.2) is 30.3 Å². The molecule has 1 rings (SSSR count). The highest BCUT2D eigenvalue weighted by atomic mass is 16.7. The lowest BCUT2D eigenvalue weighted by Gasteiger charge is -2.18. The van der Waals surface area contributed by atoms with Crippen LogP contribution < -0.4 is 10.6 Å². The number of para-hydroxylation sites is 1. The summed E-state index contributed by atoms with van der Waals surface area (Å²) in [5.74, 6) is 0.179. The lowest BCUT2D eigenvalue weighted by atomic mass is 10.3. The number of hydrogen-bond donors (Lipinski definition) is 3. The Morgan fingerprint density at radius 2 is 2.08 bits per heavy atom. The van der Waals surface area contributed by atoms with Crippen LogP contribution in [0, 0.1) is 5.41 Å². The molecule has 0 aromatic heterocycles. The molecule has 13 heavy (non-hydrogen) atoms. The number of hydroxylamine groups is 2. The molecule has 0 saturated heterocycles. The van der Waals surface area contributed by atoms with Crippen LogP contribution in [-0.4, -0.2) is 22.9 Å². The number of nitrogens with two attached hydrogens (primary N) is 1. The van der Waals surface area contributed by atoms with Crippen molar-refractivity contribution < 1.29 is 9.94 Å². The molecule has 0 saturated carbocycles. The zero-order chi connectivity index (χ0) is 9.68. The van der Waals surface area contributed by atoms with Crippen molar-refractivity contribution >= 4 is 5.96 Å². The van der Waals surface area contributed by atoms with Crippen LogP contribution in [0.25, 0.3) is 0 Å². The normalized spacial score (nSPS) is 9.31. The van der Waals surface area contributed by atoms with Crippen molar-refractivity contribution in [3.05, 3.63) is 30.3 Å². The average molecular weight is 181 g/mol. The van der Waals surface area contributed by atoms with Crippen molar-refractivity contribution in [1.82, 2.24) is 5.06 Å². The van der Waals surface area contributed by atoms with Crippen LogP contribution in [0.4, 0.5) is 0 Å². The molecule has 1 aromatic rings. The Balaban J connectivity index is 2.62. The molecule has 0 spiro atoms. The highest BCUT2D eigenvalue weighted by molar-refractivity contribution is 5.73. The number of rotatable bonds is 3. The van der Waals surface area contributed by atoms with E-state index in [1.165, 1.54) is 0 Å². The maximum absolute atomic E-state index is 8.74. The first-order valence-corrected chi connectivity index (χ1v) is 3.69. The number of nitrogens with one attached hydrogen (secondary N) is 1. The molecule has 0 amide bonds. The van der Waals surface area contributed by atoms with Gasteiger partial charge in [-0.05, 0) is 12.1 Å². The van der Waals surface area contributed by atoms with Gasteiger partial charge in [0, 0.05) is 0 Å². The van der Waals surface area contributed by atoms with Crippen molar-refractivity contribution in [2.24, 2.45) is 5.73 Å². The van der Waals surface area contributed by atoms with E-state index in [9.17, 15) is 0 Å². The molecule has 0 aliphatic carbocycles. The van der Waals surface area contributed by atoms with E-state index in [0.717, 1.165) is 5.06 Å². The van der Waals surface area contributed by atoms with Gasteiger partial charge in [-0.3, -0.25) is 5.41 Å². The minimum atomic E-state index is -0.454. The number of aliphatic hydroxyl groups is 1. The van der Waals surface area contributed by atoms with E-state index in [1.54, 1.807) is 24.3 Å². The highest BCUT2D eigenvalue weighted by Gasteiger charge is 2.05. The Kier molecular flexibility index (Phi) is 3.10. The third-order valence-corrected chi connectivity index (χ3v) is 1.36. The average Bonchev–Trinajstić information content (AvgIpc) is 2.15. The summed E-state index contributed by atoms with van der Waals surface area (Å²) in [7, 11) is 0. The van der Waals surface area contributed by atoms with Gasteiger partial charge >= 0.3 is 0 Å². The van der Waals surface area contributed by atoms with Crippen molar-refractivity contribution in [3.63, 3.8) is 0 Å². The van der Waals surface area contributed by atoms with Crippen molar-refractivity contribution in [3.8, 4) is 5.75 Å². The van der Waals surface area contributed by atoms with Crippen LogP contribution in [0.3, 0.4) is 0 Å². The van der Waals surface area contributed by atoms with Crippen LogP contribution in [-0.2, 0) is 0 Å². The zero-order valence-electron chi connectivity index (χ0n) is 6.97. The third kappa shape index (κ3) is 2.64. The van der Waals surface area contributed by atoms with Gasteiger partial charge in [-0.15, -0.1) is 0 Å². The van der Waals surface area contributed by atoms with Gasteiger partial charge in [0.25, 0.3) is 0 Å². The second-order valence-corrected chi connectivity index (χ2v) is 2.31. The molecular weight excluding hydrogens is 170 g/mol. The Morgan fingerprint density at radius 3 is 2.54 bits per heavy atom. The van der Waals surface area contributed by atoms with Crippen molar-refractivity contribution in [1.29, 1.82) is 5.41 Å². The zero-order valence-corrected chi connectivity index (χ0v) is 6.97. The molecule has 0 aliphatic rings. The molecule has 0 radical (unpaired) electrons. The summed E-state index contributed by atoms with van der Waals surface area (Å²) in [5, 5.41) is 16.6. The quantitative estimate of drug-likeness (QED) is 0.268. The van der Waals surface area contributed by atoms with Gasteiger partial charge in [0.05, 0.1) is 0 Å². The van der Waals surface area contributed by atoms with E-state index in [2.05, 4.69) is 0 Å². The monoisotopic (exact) mass is 181 g/mol. The smallest absolute Gasteiger partial charge is 0.224 e. The Hall–Kier alpha value is -1.75. The summed E-state index contributed by atoms with van der Waals surface area (Å²) < 4.78 is 0. The van der Waals surface area contributed by atoms with Gasteiger partial charge in [0.1, 0.15) is 0 Å². The van der Waals surface area contributed by atoms with Gasteiger partial charge in [-0.2, -0.15) is 5.06 Å². The summed E-state index contributed by atoms with van der Waals surface area (Å²) in [6.45, 7) is -0.454. The highest BCUT2D eigenvalue weighted by Crippen LogP contribution is 2.09. The van der Waals surface area contributed by atoms with Gasteiger partial charge < -0.3 is 15.7 Å². The second-order valence-electron chi connectivity index (χ2n) is 2.31. The molecule has 0 bridgehead atoms. The maximum atomic E-state index is 8.74. The minimum Gasteiger partial charge on any atom is -0.375 e. The fraction of sp³-hybridized carbons (Fsp3) is 0.125. The number of aliphatic hydroxyl groups excluding tert-OH is 1. The molecule has 0 unspecified atom stereocenters. The van der Waals surface area contributed by atoms with Crippen LogP contribution in [0.5, 0.6) is 5.75 Å². The van der Waals surface area contributed by atoms with E-state index in [1.807, 2.05) is 6.07 Å².